The van der Waals surface area contributed by atoms with Gasteiger partial charge in [0.05, 0.1) is 5.54 Å². The molecular weight excluding hydrogens is 1230 g/mol. The second-order valence-corrected chi connectivity index (χ2v) is 30.4. The predicted octanol–water partition coefficient (Wildman–Crippen LogP) is 26.7. The van der Waals surface area contributed by atoms with Crippen molar-refractivity contribution in [3.05, 3.63) is 201 Å². The Kier molecular flexibility index (Phi) is 25.3. The number of hydrogen-bond acceptors (Lipinski definition) is 1. The van der Waals surface area contributed by atoms with E-state index in [-0.39, 0.29) is 0 Å². The van der Waals surface area contributed by atoms with Crippen molar-refractivity contribution in [2.45, 2.75) is 271 Å². The average molecular weight is 1350 g/mol. The highest BCUT2D eigenvalue weighted by Gasteiger charge is 2.40. The van der Waals surface area contributed by atoms with E-state index in [2.05, 4.69) is 228 Å². The normalized spacial score (nSPS) is 13.6. The lowest BCUT2D eigenvalue weighted by atomic mass is 9.83. The van der Waals surface area contributed by atoms with Crippen LogP contribution in [0, 0.1) is 47.4 Å². The van der Waals surface area contributed by atoms with Gasteiger partial charge in [-0.25, -0.2) is 0 Å². The third-order valence-electron chi connectivity index (χ3n) is 22.7. The minimum Gasteiger partial charge on any atom is -0.355 e. The van der Waals surface area contributed by atoms with Crippen molar-refractivity contribution < 1.29 is 0 Å². The van der Waals surface area contributed by atoms with E-state index in [4.69, 9.17) is 5.73 Å². The Labute approximate surface area is 611 Å². The number of nitrogens with zero attached hydrogens (tertiary/aromatic N) is 2. The molecule has 0 saturated carbocycles. The van der Waals surface area contributed by atoms with Crippen LogP contribution in [0.3, 0.4) is 0 Å². The zero-order valence-electron chi connectivity index (χ0n) is 62.2. The summed E-state index contributed by atoms with van der Waals surface area (Å²) in [5.74, 6) is 29.2. The number of benzene rings is 8. The Morgan fingerprint density at radius 1 is 0.265 bits per heavy atom. The van der Waals surface area contributed by atoms with E-state index in [1.807, 2.05) is 0 Å². The van der Waals surface area contributed by atoms with Crippen molar-refractivity contribution in [1.29, 1.82) is 0 Å². The highest BCUT2D eigenvalue weighted by Crippen LogP contribution is 2.49. The summed E-state index contributed by atoms with van der Waals surface area (Å²) in [5, 5.41) is 7.21. The van der Waals surface area contributed by atoms with E-state index in [1.54, 1.807) is 0 Å². The van der Waals surface area contributed by atoms with Gasteiger partial charge in [-0.2, -0.15) is 0 Å². The van der Waals surface area contributed by atoms with E-state index in [0.29, 0.717) is 0 Å². The van der Waals surface area contributed by atoms with Gasteiger partial charge in [0.15, 0.2) is 0 Å². The first-order chi connectivity index (χ1) is 50.3. The predicted molar refractivity (Wildman–Crippen MR) is 439 cm³/mol. The number of hydrogen-bond donors (Lipinski definition) is 2. The lowest BCUT2D eigenvalue weighted by Gasteiger charge is -2.27. The number of fused-ring (bicyclic) bond motifs is 8. The van der Waals surface area contributed by atoms with Crippen molar-refractivity contribution in [2.24, 2.45) is 5.73 Å². The molecule has 3 heterocycles. The number of unbranched alkanes of at least 4 members (excludes halogenated alkanes) is 32. The van der Waals surface area contributed by atoms with E-state index in [0.717, 1.165) is 105 Å². The highest BCUT2D eigenvalue weighted by atomic mass is 15.0. The van der Waals surface area contributed by atoms with Crippen LogP contribution in [0.1, 0.15) is 308 Å². The van der Waals surface area contributed by atoms with Crippen molar-refractivity contribution in [2.75, 3.05) is 0 Å². The number of rotatable bonds is 38. The molecule has 0 spiro atoms. The zero-order chi connectivity index (χ0) is 69.7. The van der Waals surface area contributed by atoms with Crippen LogP contribution in [0.15, 0.2) is 146 Å². The third kappa shape index (κ3) is 17.7. The first kappa shape index (κ1) is 71.7. The lowest BCUT2D eigenvalue weighted by Crippen LogP contribution is -2.35. The number of aromatic amines is 1. The summed E-state index contributed by atoms with van der Waals surface area (Å²) in [6, 6.07) is 54.2. The summed E-state index contributed by atoms with van der Waals surface area (Å²) < 4.78 is 5.14. The summed E-state index contributed by atoms with van der Waals surface area (Å²) in [6.07, 6.45) is 47.4. The van der Waals surface area contributed by atoms with Gasteiger partial charge in [-0.15, -0.1) is 0 Å². The topological polar surface area (TPSA) is 51.7 Å². The van der Waals surface area contributed by atoms with E-state index < -0.39 is 5.54 Å². The molecule has 1 atom stereocenters. The molecule has 2 aliphatic rings. The molecule has 11 aromatic rings. The quantitative estimate of drug-likeness (QED) is 0.0294. The molecule has 0 fully saturated rings. The standard InChI is InChI=1S/C98H112N4/c1-4-7-10-13-16-19-22-25-28-31-34-37-64-101-94-59-51-78-43-40-75-48-56-91-83(67-75)82-66-74(47-55-90(82)98(91,99)63-36-33-30-27-24-21-18-15-12-9-6-3)39-41-76-49-57-92-84(68-76)85-69-77(50-58-93(85)100-92)42-44-79-52-60-95-87(71-79)89-73-81(46-45-80-53-61-96(101)88(72-80)86(94)70-78)54-62-97(89)102(95)65-38-35-32-29-26-23-20-17-14-11-8-5-2/h47-62,66-73,100H,4-38,63-65,99H2,1-3H3. The molecule has 13 rings (SSSR count). The van der Waals surface area contributed by atoms with Crippen LogP contribution in [0.4, 0.5) is 0 Å². The Hall–Kier alpha value is -8.64. The van der Waals surface area contributed by atoms with Crippen LogP contribution in [0.2, 0.25) is 0 Å². The van der Waals surface area contributed by atoms with Crippen LogP contribution < -0.4 is 5.73 Å². The van der Waals surface area contributed by atoms with Crippen molar-refractivity contribution in [3.8, 4) is 58.5 Å². The third-order valence-corrected chi connectivity index (χ3v) is 22.7. The molecule has 3 N–H and O–H groups in total. The molecule has 0 saturated heterocycles. The van der Waals surface area contributed by atoms with Gasteiger partial charge in [0.2, 0.25) is 0 Å². The number of H-pyrrole nitrogens is 1. The lowest BCUT2D eigenvalue weighted by molar-refractivity contribution is 0.458. The Morgan fingerprint density at radius 3 is 0.794 bits per heavy atom. The average Bonchev–Trinajstić information content (AvgIpc) is 1.60. The summed E-state index contributed by atoms with van der Waals surface area (Å²) in [6.45, 7) is 8.88. The second kappa shape index (κ2) is 36.0. The summed E-state index contributed by atoms with van der Waals surface area (Å²) >= 11 is 0. The maximum atomic E-state index is 7.78. The van der Waals surface area contributed by atoms with Crippen LogP contribution >= 0.6 is 0 Å². The number of nitrogens with two attached hydrogens (primary N) is 1. The molecule has 524 valence electrons. The van der Waals surface area contributed by atoms with Crippen molar-refractivity contribution in [3.63, 3.8) is 0 Å². The van der Waals surface area contributed by atoms with Gasteiger partial charge >= 0.3 is 0 Å². The SMILES string of the molecule is CCCCCCCCCCCCCCn1c2ccc3cc2c2cc(ccc21)C#Cc1ccc2c(c1)c1cc(ccc1n2CCCCCCCCCCCCCC)C#Cc1ccc2[nH]c4ccc(cc4c2c1)C#Cc1ccc2c(c1)-c1cc(ccc1C2(N)CCCCCCCCCCCCC)C#C3. The van der Waals surface area contributed by atoms with E-state index in [1.165, 1.54) is 271 Å². The monoisotopic (exact) mass is 1340 g/mol. The van der Waals surface area contributed by atoms with Crippen LogP contribution in [-0.2, 0) is 18.6 Å². The Balaban J connectivity index is 0.836. The fourth-order valence-electron chi connectivity index (χ4n) is 16.8. The maximum absolute atomic E-state index is 7.78. The van der Waals surface area contributed by atoms with Gasteiger partial charge in [-0.1, -0.05) is 292 Å². The van der Waals surface area contributed by atoms with E-state index >= 15 is 0 Å². The first-order valence-corrected chi connectivity index (χ1v) is 40.7. The van der Waals surface area contributed by atoms with Crippen molar-refractivity contribution >= 4 is 65.4 Å². The molecule has 4 heteroatoms. The number of aryl methyl sites for hydroxylation is 2. The van der Waals surface area contributed by atoms with E-state index in [9.17, 15) is 0 Å². The Bertz CT molecular complexity index is 4950. The zero-order valence-corrected chi connectivity index (χ0v) is 62.2. The van der Waals surface area contributed by atoms with Gasteiger partial charge in [0, 0.05) is 123 Å². The summed E-state index contributed by atoms with van der Waals surface area (Å²) in [5.41, 5.74) is 27.1. The van der Waals surface area contributed by atoms with Gasteiger partial charge < -0.3 is 19.9 Å². The number of nitrogens with one attached hydrogen (secondary N) is 1. The summed E-state index contributed by atoms with van der Waals surface area (Å²) in [4.78, 5) is 3.68. The first-order valence-electron chi connectivity index (χ1n) is 40.7. The largest absolute Gasteiger partial charge is 0.355 e. The molecular formula is C98H112N4. The minimum absolute atomic E-state index is 0.597. The maximum Gasteiger partial charge on any atom is 0.0677 e. The van der Waals surface area contributed by atoms with Gasteiger partial charge in [-0.05, 0) is 175 Å². The minimum atomic E-state index is -0.597. The van der Waals surface area contributed by atoms with Crippen molar-refractivity contribution in [1.82, 2.24) is 14.1 Å². The van der Waals surface area contributed by atoms with Crippen LogP contribution in [-0.4, -0.2) is 14.1 Å². The molecule has 3 aromatic heterocycles. The van der Waals surface area contributed by atoms with Gasteiger partial charge in [0.1, 0.15) is 0 Å². The summed E-state index contributed by atoms with van der Waals surface area (Å²) in [7, 11) is 0. The smallest absolute Gasteiger partial charge is 0.0677 e. The van der Waals surface area contributed by atoms with Gasteiger partial charge in [-0.3, -0.25) is 0 Å². The molecule has 4 nitrogen and oxygen atoms in total. The fraction of sp³-hybridized carbons (Fsp3) is 0.429. The second-order valence-electron chi connectivity index (χ2n) is 30.4. The molecule has 102 heavy (non-hydrogen) atoms. The molecule has 16 bridgehead atoms. The Morgan fingerprint density at radius 2 is 0.500 bits per heavy atom. The molecule has 0 amide bonds. The van der Waals surface area contributed by atoms with Gasteiger partial charge in [0.25, 0.3) is 0 Å². The molecule has 2 aliphatic carbocycles. The fourth-order valence-corrected chi connectivity index (χ4v) is 16.8. The highest BCUT2D eigenvalue weighted by molar-refractivity contribution is 6.11. The molecule has 8 aromatic carbocycles. The van der Waals surface area contributed by atoms with Crippen LogP contribution in [0.25, 0.3) is 76.5 Å². The molecule has 1 unspecified atom stereocenters. The van der Waals surface area contributed by atoms with Crippen LogP contribution in [0.5, 0.6) is 0 Å². The molecule has 0 radical (unpaired) electrons. The number of aromatic nitrogens is 3. The molecule has 0 aliphatic heterocycles.